The number of carbonyl (C=O) groups excluding carboxylic acids is 1. The molecule has 1 heterocycles. The molecule has 0 radical (unpaired) electrons. The van der Waals surface area contributed by atoms with Crippen LogP contribution in [0.25, 0.3) is 0 Å². The summed E-state index contributed by atoms with van der Waals surface area (Å²) in [6.45, 7) is 5.53. The van der Waals surface area contributed by atoms with E-state index in [9.17, 15) is 4.79 Å². The van der Waals surface area contributed by atoms with Gasteiger partial charge in [-0.1, -0.05) is 23.8 Å². The molecule has 0 aromatic heterocycles. The van der Waals surface area contributed by atoms with Gasteiger partial charge in [0.15, 0.2) is 0 Å². The van der Waals surface area contributed by atoms with E-state index in [4.69, 9.17) is 10.5 Å². The van der Waals surface area contributed by atoms with Gasteiger partial charge in [0.1, 0.15) is 6.04 Å². The average Bonchev–Trinajstić information content (AvgIpc) is 2.84. The molecule has 1 aromatic carbocycles. The molecule has 0 bridgehead atoms. The van der Waals surface area contributed by atoms with Gasteiger partial charge < -0.3 is 10.5 Å². The fourth-order valence-corrected chi connectivity index (χ4v) is 2.57. The fourth-order valence-electron chi connectivity index (χ4n) is 2.57. The highest BCUT2D eigenvalue weighted by molar-refractivity contribution is 5.81. The van der Waals surface area contributed by atoms with Crippen molar-refractivity contribution < 1.29 is 9.53 Å². The van der Waals surface area contributed by atoms with Gasteiger partial charge >= 0.3 is 0 Å². The molecule has 2 rings (SSSR count). The molecule has 0 aliphatic carbocycles. The lowest BCUT2D eigenvalue weighted by Gasteiger charge is -2.20. The van der Waals surface area contributed by atoms with E-state index in [0.717, 1.165) is 30.6 Å². The summed E-state index contributed by atoms with van der Waals surface area (Å²) >= 11 is 0. The van der Waals surface area contributed by atoms with Gasteiger partial charge in [0, 0.05) is 13.2 Å². The normalized spacial score (nSPS) is 20.4. The lowest BCUT2D eigenvalue weighted by molar-refractivity contribution is -0.120. The number of carbonyl (C=O) groups is 1. The summed E-state index contributed by atoms with van der Waals surface area (Å²) in [4.78, 5) is 11.7. The first-order valence-corrected chi connectivity index (χ1v) is 6.79. The maximum Gasteiger partial charge on any atom is 0.239 e. The van der Waals surface area contributed by atoms with E-state index in [1.807, 2.05) is 26.0 Å². The molecule has 1 aliphatic heterocycles. The topological polar surface area (TPSA) is 64.3 Å². The summed E-state index contributed by atoms with van der Waals surface area (Å²) in [6.07, 6.45) is 2.34. The molecule has 1 aromatic rings. The molecule has 4 nitrogen and oxygen atoms in total. The zero-order chi connectivity index (χ0) is 13.8. The third-order valence-corrected chi connectivity index (χ3v) is 3.59. The quantitative estimate of drug-likeness (QED) is 0.847. The summed E-state index contributed by atoms with van der Waals surface area (Å²) in [6, 6.07) is 5.61. The summed E-state index contributed by atoms with van der Waals surface area (Å²) < 4.78 is 5.55. The second-order valence-electron chi connectivity index (χ2n) is 5.24. The number of hydrogen-bond acceptors (Lipinski definition) is 3. The second-order valence-corrected chi connectivity index (χ2v) is 5.24. The van der Waals surface area contributed by atoms with Crippen LogP contribution in [0.15, 0.2) is 18.2 Å². The minimum atomic E-state index is -0.440. The minimum Gasteiger partial charge on any atom is -0.377 e. The Hall–Kier alpha value is -1.39. The van der Waals surface area contributed by atoms with Crippen LogP contribution in [0.4, 0.5) is 0 Å². The largest absolute Gasteiger partial charge is 0.377 e. The van der Waals surface area contributed by atoms with Crippen LogP contribution in [-0.4, -0.2) is 25.2 Å². The van der Waals surface area contributed by atoms with E-state index in [2.05, 4.69) is 11.4 Å². The van der Waals surface area contributed by atoms with E-state index >= 15 is 0 Å². The lowest BCUT2D eigenvalue weighted by atomic mass is 9.98. The number of aryl methyl sites for hydroxylation is 2. The van der Waals surface area contributed by atoms with Crippen LogP contribution in [0.5, 0.6) is 0 Å². The van der Waals surface area contributed by atoms with Crippen LogP contribution >= 0.6 is 0 Å². The highest BCUT2D eigenvalue weighted by Crippen LogP contribution is 2.20. The van der Waals surface area contributed by atoms with E-state index in [1.165, 1.54) is 5.56 Å². The van der Waals surface area contributed by atoms with E-state index in [-0.39, 0.29) is 12.0 Å². The zero-order valence-electron chi connectivity index (χ0n) is 11.6. The standard InChI is InChI=1S/C15H22N2O2/c1-10-5-6-13(11(2)8-10)14(15(16)18)17-9-12-4-3-7-19-12/h5-6,8,12,14,17H,3-4,7,9H2,1-2H3,(H2,16,18). The summed E-state index contributed by atoms with van der Waals surface area (Å²) in [5.41, 5.74) is 8.74. The van der Waals surface area contributed by atoms with Crippen molar-refractivity contribution in [2.24, 2.45) is 5.73 Å². The van der Waals surface area contributed by atoms with Crippen molar-refractivity contribution in [1.82, 2.24) is 5.32 Å². The molecule has 2 unspecified atom stereocenters. The van der Waals surface area contributed by atoms with Gasteiger partial charge in [-0.2, -0.15) is 0 Å². The second kappa shape index (κ2) is 6.17. The predicted molar refractivity (Wildman–Crippen MR) is 74.8 cm³/mol. The highest BCUT2D eigenvalue weighted by Gasteiger charge is 2.22. The summed E-state index contributed by atoms with van der Waals surface area (Å²) in [7, 11) is 0. The third kappa shape index (κ3) is 3.55. The van der Waals surface area contributed by atoms with Crippen molar-refractivity contribution in [2.45, 2.75) is 38.8 Å². The van der Waals surface area contributed by atoms with Gasteiger partial charge in [-0.25, -0.2) is 0 Å². The Morgan fingerprint density at radius 3 is 2.89 bits per heavy atom. The molecular formula is C15H22N2O2. The molecule has 19 heavy (non-hydrogen) atoms. The molecule has 1 amide bonds. The van der Waals surface area contributed by atoms with Crippen LogP contribution < -0.4 is 11.1 Å². The molecule has 4 heteroatoms. The molecule has 1 fully saturated rings. The van der Waals surface area contributed by atoms with Crippen molar-refractivity contribution in [1.29, 1.82) is 0 Å². The molecule has 1 saturated heterocycles. The maximum atomic E-state index is 11.7. The van der Waals surface area contributed by atoms with Gasteiger partial charge in [0.25, 0.3) is 0 Å². The van der Waals surface area contributed by atoms with Crippen molar-refractivity contribution in [3.05, 3.63) is 34.9 Å². The van der Waals surface area contributed by atoms with Gasteiger partial charge in [0.2, 0.25) is 5.91 Å². The number of primary amides is 1. The van der Waals surface area contributed by atoms with Crippen LogP contribution in [-0.2, 0) is 9.53 Å². The van der Waals surface area contributed by atoms with Crippen molar-refractivity contribution >= 4 is 5.91 Å². The molecule has 0 spiro atoms. The minimum absolute atomic E-state index is 0.201. The lowest BCUT2D eigenvalue weighted by Crippen LogP contribution is -2.38. The zero-order valence-corrected chi connectivity index (χ0v) is 11.6. The molecular weight excluding hydrogens is 240 g/mol. The van der Waals surface area contributed by atoms with Crippen molar-refractivity contribution in [2.75, 3.05) is 13.2 Å². The number of rotatable bonds is 5. The van der Waals surface area contributed by atoms with Gasteiger partial charge in [0.05, 0.1) is 6.10 Å². The molecule has 3 N–H and O–H groups in total. The monoisotopic (exact) mass is 262 g/mol. The predicted octanol–water partition coefficient (Wildman–Crippen LogP) is 1.60. The first-order valence-electron chi connectivity index (χ1n) is 6.79. The average molecular weight is 262 g/mol. The number of benzene rings is 1. The SMILES string of the molecule is Cc1ccc(C(NCC2CCCO2)C(N)=O)c(C)c1. The van der Waals surface area contributed by atoms with Gasteiger partial charge in [-0.05, 0) is 37.8 Å². The number of nitrogens with one attached hydrogen (secondary N) is 1. The molecule has 2 atom stereocenters. The Morgan fingerprint density at radius 1 is 1.53 bits per heavy atom. The Morgan fingerprint density at radius 2 is 2.32 bits per heavy atom. The molecule has 104 valence electrons. The van der Waals surface area contributed by atoms with Crippen LogP contribution in [0.2, 0.25) is 0 Å². The molecule has 1 aliphatic rings. The van der Waals surface area contributed by atoms with Gasteiger partial charge in [-0.15, -0.1) is 0 Å². The number of hydrogen-bond donors (Lipinski definition) is 2. The van der Waals surface area contributed by atoms with Crippen molar-refractivity contribution in [3.63, 3.8) is 0 Å². The number of ether oxygens (including phenoxy) is 1. The number of nitrogens with two attached hydrogens (primary N) is 1. The Bertz CT molecular complexity index is 453. The molecule has 0 saturated carbocycles. The smallest absolute Gasteiger partial charge is 0.239 e. The van der Waals surface area contributed by atoms with E-state index < -0.39 is 6.04 Å². The van der Waals surface area contributed by atoms with Crippen molar-refractivity contribution in [3.8, 4) is 0 Å². The Kier molecular flexibility index (Phi) is 4.56. The Balaban J connectivity index is 2.08. The summed E-state index contributed by atoms with van der Waals surface area (Å²) in [5, 5.41) is 3.24. The van der Waals surface area contributed by atoms with Crippen LogP contribution in [0.1, 0.15) is 35.6 Å². The number of amides is 1. The fraction of sp³-hybridized carbons (Fsp3) is 0.533. The van der Waals surface area contributed by atoms with E-state index in [1.54, 1.807) is 0 Å². The van der Waals surface area contributed by atoms with Gasteiger partial charge in [-0.3, -0.25) is 10.1 Å². The van der Waals surface area contributed by atoms with Crippen LogP contribution in [0, 0.1) is 13.8 Å². The van der Waals surface area contributed by atoms with Crippen LogP contribution in [0.3, 0.4) is 0 Å². The van der Waals surface area contributed by atoms with E-state index in [0.29, 0.717) is 6.54 Å². The first kappa shape index (κ1) is 14.0. The first-order chi connectivity index (χ1) is 9.08. The summed E-state index contributed by atoms with van der Waals surface area (Å²) in [5.74, 6) is -0.343. The maximum absolute atomic E-state index is 11.7. The highest BCUT2D eigenvalue weighted by atomic mass is 16.5. The third-order valence-electron chi connectivity index (χ3n) is 3.59. The Labute approximate surface area is 114 Å².